The molecule has 0 aromatic heterocycles. The summed E-state index contributed by atoms with van der Waals surface area (Å²) in [5.41, 5.74) is 0. The van der Waals surface area contributed by atoms with Crippen LogP contribution in [0.1, 0.15) is 45.4 Å². The first kappa shape index (κ1) is 14.3. The average molecular weight is 279 g/mol. The summed E-state index contributed by atoms with van der Waals surface area (Å²) < 4.78 is 0. The minimum atomic E-state index is -0.0110. The molecule has 114 valence electrons. The van der Waals surface area contributed by atoms with Gasteiger partial charge in [0.15, 0.2) is 0 Å². The van der Waals surface area contributed by atoms with E-state index in [0.717, 1.165) is 31.6 Å². The normalized spacial score (nSPS) is 29.6. The van der Waals surface area contributed by atoms with Crippen molar-refractivity contribution in [1.29, 1.82) is 0 Å². The number of carbonyl (C=O) groups excluding carboxylic acids is 1. The second kappa shape index (κ2) is 6.44. The Morgan fingerprint density at radius 1 is 1.15 bits per heavy atom. The number of piperidine rings is 1. The van der Waals surface area contributed by atoms with Gasteiger partial charge in [0, 0.05) is 25.7 Å². The zero-order valence-corrected chi connectivity index (χ0v) is 12.8. The van der Waals surface area contributed by atoms with Gasteiger partial charge < -0.3 is 15.1 Å². The number of nitrogens with one attached hydrogen (secondary N) is 1. The van der Waals surface area contributed by atoms with E-state index in [-0.39, 0.29) is 6.04 Å². The van der Waals surface area contributed by atoms with Crippen molar-refractivity contribution >= 4 is 5.91 Å². The minimum absolute atomic E-state index is 0.0110. The molecule has 2 aliphatic heterocycles. The number of nitrogens with zero attached hydrogens (tertiary/aromatic N) is 2. The van der Waals surface area contributed by atoms with Gasteiger partial charge in [0.1, 0.15) is 0 Å². The maximum atomic E-state index is 12.3. The summed E-state index contributed by atoms with van der Waals surface area (Å²) in [6.45, 7) is 7.47. The van der Waals surface area contributed by atoms with E-state index in [4.69, 9.17) is 0 Å². The van der Waals surface area contributed by atoms with Crippen molar-refractivity contribution in [2.45, 2.75) is 57.5 Å². The molecular weight excluding hydrogens is 250 g/mol. The predicted molar refractivity (Wildman–Crippen MR) is 80.6 cm³/mol. The van der Waals surface area contributed by atoms with Gasteiger partial charge in [0.25, 0.3) is 0 Å². The largest absolute Gasteiger partial charge is 0.341 e. The molecule has 3 rings (SSSR count). The fourth-order valence-electron chi connectivity index (χ4n) is 3.62. The number of hydrogen-bond acceptors (Lipinski definition) is 3. The molecule has 0 aromatic rings. The molecule has 20 heavy (non-hydrogen) atoms. The molecule has 3 aliphatic rings. The molecule has 0 bridgehead atoms. The quantitative estimate of drug-likeness (QED) is 0.827. The van der Waals surface area contributed by atoms with Crippen LogP contribution >= 0.6 is 0 Å². The van der Waals surface area contributed by atoms with Gasteiger partial charge in [0.05, 0.1) is 6.04 Å². The summed E-state index contributed by atoms with van der Waals surface area (Å²) in [6, 6.07) is 0.885. The van der Waals surface area contributed by atoms with Gasteiger partial charge in [-0.2, -0.15) is 0 Å². The minimum Gasteiger partial charge on any atom is -0.341 e. The van der Waals surface area contributed by atoms with Crippen molar-refractivity contribution in [2.24, 2.45) is 5.92 Å². The first-order chi connectivity index (χ1) is 9.74. The Hall–Kier alpha value is -0.610. The molecule has 2 atom stereocenters. The topological polar surface area (TPSA) is 35.6 Å². The number of carbonyl (C=O) groups is 1. The zero-order valence-electron chi connectivity index (χ0n) is 12.8. The Morgan fingerprint density at radius 3 is 2.60 bits per heavy atom. The van der Waals surface area contributed by atoms with Crippen LogP contribution in [0.25, 0.3) is 0 Å². The predicted octanol–water partition coefficient (Wildman–Crippen LogP) is 1.46. The van der Waals surface area contributed by atoms with Crippen LogP contribution < -0.4 is 5.32 Å². The smallest absolute Gasteiger partial charge is 0.239 e. The second-order valence-corrected chi connectivity index (χ2v) is 6.90. The first-order valence-electron chi connectivity index (χ1n) is 8.50. The third kappa shape index (κ3) is 3.53. The Kier molecular flexibility index (Phi) is 4.61. The lowest BCUT2D eigenvalue weighted by Gasteiger charge is -2.30. The van der Waals surface area contributed by atoms with Gasteiger partial charge in [-0.1, -0.05) is 0 Å². The fourth-order valence-corrected chi connectivity index (χ4v) is 3.62. The summed E-state index contributed by atoms with van der Waals surface area (Å²) in [4.78, 5) is 17.0. The Labute approximate surface area is 122 Å². The first-order valence-corrected chi connectivity index (χ1v) is 8.50. The van der Waals surface area contributed by atoms with E-state index in [1.54, 1.807) is 0 Å². The standard InChI is InChI=1S/C16H29N3O/c1-13(16(20)18-8-3-2-4-9-18)17-11-14-7-10-19(12-14)15-5-6-15/h13-15,17H,2-12H2,1H3. The van der Waals surface area contributed by atoms with Crippen LogP contribution in [-0.4, -0.2) is 60.5 Å². The van der Waals surface area contributed by atoms with Crippen molar-refractivity contribution in [3.63, 3.8) is 0 Å². The number of amides is 1. The number of rotatable bonds is 5. The average Bonchev–Trinajstić information content (AvgIpc) is 3.24. The van der Waals surface area contributed by atoms with Crippen molar-refractivity contribution in [2.75, 3.05) is 32.7 Å². The molecule has 3 fully saturated rings. The van der Waals surface area contributed by atoms with Crippen LogP contribution in [0.15, 0.2) is 0 Å². The van der Waals surface area contributed by atoms with Crippen molar-refractivity contribution in [1.82, 2.24) is 15.1 Å². The van der Waals surface area contributed by atoms with E-state index < -0.39 is 0 Å². The Morgan fingerprint density at radius 2 is 1.90 bits per heavy atom. The molecule has 0 radical (unpaired) electrons. The summed E-state index contributed by atoms with van der Waals surface area (Å²) in [5.74, 6) is 1.05. The second-order valence-electron chi connectivity index (χ2n) is 6.90. The van der Waals surface area contributed by atoms with Crippen LogP contribution in [0, 0.1) is 5.92 Å². The molecule has 1 amide bonds. The molecule has 2 unspecified atom stereocenters. The Bertz CT molecular complexity index is 337. The van der Waals surface area contributed by atoms with Crippen molar-refractivity contribution < 1.29 is 4.79 Å². The van der Waals surface area contributed by atoms with Crippen molar-refractivity contribution in [3.05, 3.63) is 0 Å². The number of hydrogen-bond donors (Lipinski definition) is 1. The van der Waals surface area contributed by atoms with Gasteiger partial charge in [0.2, 0.25) is 5.91 Å². The molecule has 2 saturated heterocycles. The van der Waals surface area contributed by atoms with Crippen LogP contribution in [0.5, 0.6) is 0 Å². The highest BCUT2D eigenvalue weighted by Gasteiger charge is 2.34. The maximum Gasteiger partial charge on any atom is 0.239 e. The molecule has 1 saturated carbocycles. The molecule has 1 aliphatic carbocycles. The highest BCUT2D eigenvalue weighted by Crippen LogP contribution is 2.31. The van der Waals surface area contributed by atoms with E-state index in [2.05, 4.69) is 10.2 Å². The van der Waals surface area contributed by atoms with Crippen LogP contribution in [0.4, 0.5) is 0 Å². The lowest BCUT2D eigenvalue weighted by molar-refractivity contribution is -0.133. The third-order valence-corrected chi connectivity index (χ3v) is 5.13. The molecule has 0 aromatic carbocycles. The maximum absolute atomic E-state index is 12.3. The summed E-state index contributed by atoms with van der Waals surface area (Å²) in [7, 11) is 0. The van der Waals surface area contributed by atoms with Gasteiger partial charge in [-0.05, 0) is 64.5 Å². The van der Waals surface area contributed by atoms with Gasteiger partial charge in [-0.25, -0.2) is 0 Å². The van der Waals surface area contributed by atoms with E-state index in [9.17, 15) is 4.79 Å². The number of likely N-dealkylation sites (tertiary alicyclic amines) is 2. The molecular formula is C16H29N3O. The van der Waals surface area contributed by atoms with Crippen LogP contribution in [0.2, 0.25) is 0 Å². The van der Waals surface area contributed by atoms with Crippen molar-refractivity contribution in [3.8, 4) is 0 Å². The van der Waals surface area contributed by atoms with E-state index >= 15 is 0 Å². The van der Waals surface area contributed by atoms with E-state index in [1.165, 1.54) is 51.6 Å². The lowest BCUT2D eigenvalue weighted by atomic mass is 10.1. The fraction of sp³-hybridized carbons (Fsp3) is 0.938. The molecule has 2 heterocycles. The summed E-state index contributed by atoms with van der Waals surface area (Å²) >= 11 is 0. The van der Waals surface area contributed by atoms with Gasteiger partial charge in [-0.15, -0.1) is 0 Å². The molecule has 0 spiro atoms. The molecule has 1 N–H and O–H groups in total. The lowest BCUT2D eigenvalue weighted by Crippen LogP contribution is -2.47. The van der Waals surface area contributed by atoms with E-state index in [0.29, 0.717) is 5.91 Å². The monoisotopic (exact) mass is 279 g/mol. The summed E-state index contributed by atoms with van der Waals surface area (Å²) in [6.07, 6.45) is 7.75. The van der Waals surface area contributed by atoms with E-state index in [1.807, 2.05) is 11.8 Å². The van der Waals surface area contributed by atoms with Crippen LogP contribution in [0.3, 0.4) is 0 Å². The zero-order chi connectivity index (χ0) is 13.9. The molecule has 4 heteroatoms. The highest BCUT2D eigenvalue weighted by atomic mass is 16.2. The summed E-state index contributed by atoms with van der Waals surface area (Å²) in [5, 5.41) is 3.48. The highest BCUT2D eigenvalue weighted by molar-refractivity contribution is 5.81. The van der Waals surface area contributed by atoms with Crippen LogP contribution in [-0.2, 0) is 4.79 Å². The Balaban J connectivity index is 1.37. The third-order valence-electron chi connectivity index (χ3n) is 5.13. The molecule has 4 nitrogen and oxygen atoms in total. The van der Waals surface area contributed by atoms with Gasteiger partial charge >= 0.3 is 0 Å². The van der Waals surface area contributed by atoms with Gasteiger partial charge in [-0.3, -0.25) is 4.79 Å². The SMILES string of the molecule is CC(NCC1CCN(C2CC2)C1)C(=O)N1CCCCC1.